The van der Waals surface area contributed by atoms with Crippen molar-refractivity contribution in [3.63, 3.8) is 0 Å². The van der Waals surface area contributed by atoms with Crippen LogP contribution < -0.4 is 15.4 Å². The van der Waals surface area contributed by atoms with E-state index in [1.807, 2.05) is 11.4 Å². The summed E-state index contributed by atoms with van der Waals surface area (Å²) >= 11 is 1.56. The Labute approximate surface area is 270 Å². The summed E-state index contributed by atoms with van der Waals surface area (Å²) < 4.78 is 32.3. The van der Waals surface area contributed by atoms with Gasteiger partial charge in [-0.15, -0.1) is 21.5 Å². The molecule has 2 aromatic carbocycles. The van der Waals surface area contributed by atoms with Crippen LogP contribution in [0, 0.1) is 5.82 Å². The molecule has 0 aliphatic carbocycles. The number of amides is 2. The van der Waals surface area contributed by atoms with Gasteiger partial charge < -0.3 is 29.7 Å². The SMILES string of the molecule is C=CC(=O)N1CCC(OC(=O)NCCOCCOc2cc(F)ccc2-c2nnc(-c3ccc4c(c3)CCNC4)c3ccsc23)CC1. The number of alkyl carbamates (subject to hydrolysis) is 1. The van der Waals surface area contributed by atoms with Crippen molar-refractivity contribution in [3.05, 3.63) is 77.4 Å². The molecule has 2 aromatic heterocycles. The number of halogens is 1. The fourth-order valence-corrected chi connectivity index (χ4v) is 6.65. The molecule has 2 amide bonds. The molecule has 1 saturated heterocycles. The molecular weight excluding hydrogens is 609 g/mol. The zero-order valence-electron chi connectivity index (χ0n) is 25.4. The van der Waals surface area contributed by atoms with Gasteiger partial charge >= 0.3 is 6.09 Å². The first-order chi connectivity index (χ1) is 22.5. The molecule has 1 fully saturated rings. The van der Waals surface area contributed by atoms with E-state index in [1.165, 1.54) is 29.3 Å². The molecule has 6 rings (SSSR count). The van der Waals surface area contributed by atoms with E-state index >= 15 is 0 Å². The number of carbonyl (C=O) groups is 2. The van der Waals surface area contributed by atoms with Crippen molar-refractivity contribution in [1.29, 1.82) is 0 Å². The van der Waals surface area contributed by atoms with Crippen LogP contribution in [-0.4, -0.2) is 79.2 Å². The molecule has 2 aliphatic heterocycles. The van der Waals surface area contributed by atoms with Crippen LogP contribution in [0.2, 0.25) is 0 Å². The van der Waals surface area contributed by atoms with E-state index in [9.17, 15) is 14.0 Å². The van der Waals surface area contributed by atoms with Crippen molar-refractivity contribution in [2.75, 3.05) is 46.0 Å². The normalized spacial score (nSPS) is 14.9. The van der Waals surface area contributed by atoms with Crippen molar-refractivity contribution in [1.82, 2.24) is 25.7 Å². The second-order valence-electron chi connectivity index (χ2n) is 11.1. The number of carbonyl (C=O) groups excluding carboxylic acids is 2. The van der Waals surface area contributed by atoms with Gasteiger partial charge in [0.15, 0.2) is 0 Å². The van der Waals surface area contributed by atoms with Gasteiger partial charge in [-0.3, -0.25) is 4.79 Å². The molecule has 0 saturated carbocycles. The van der Waals surface area contributed by atoms with Crippen LogP contribution in [0.1, 0.15) is 24.0 Å². The molecule has 12 heteroatoms. The van der Waals surface area contributed by atoms with Crippen LogP contribution in [0.4, 0.5) is 9.18 Å². The minimum absolute atomic E-state index is 0.112. The minimum Gasteiger partial charge on any atom is -0.490 e. The second kappa shape index (κ2) is 14.8. The summed E-state index contributed by atoms with van der Waals surface area (Å²) in [5, 5.41) is 18.3. The lowest BCUT2D eigenvalue weighted by molar-refractivity contribution is -0.127. The molecule has 0 radical (unpaired) electrons. The Morgan fingerprint density at radius 1 is 1.07 bits per heavy atom. The van der Waals surface area contributed by atoms with Gasteiger partial charge in [0, 0.05) is 61.6 Å². The zero-order chi connectivity index (χ0) is 31.9. The van der Waals surface area contributed by atoms with Gasteiger partial charge in [0.2, 0.25) is 5.91 Å². The molecule has 0 bridgehead atoms. The van der Waals surface area contributed by atoms with Gasteiger partial charge in [-0.05, 0) is 59.8 Å². The minimum atomic E-state index is -0.520. The van der Waals surface area contributed by atoms with Crippen molar-refractivity contribution < 1.29 is 28.2 Å². The monoisotopic (exact) mass is 645 g/mol. The van der Waals surface area contributed by atoms with Crippen LogP contribution in [-0.2, 0) is 27.2 Å². The fraction of sp³-hybridized carbons (Fsp3) is 0.353. The first-order valence-corrected chi connectivity index (χ1v) is 16.3. The Hall–Kier alpha value is -4.39. The largest absolute Gasteiger partial charge is 0.490 e. The number of ether oxygens (including phenoxy) is 3. The number of hydrogen-bond acceptors (Lipinski definition) is 9. The summed E-state index contributed by atoms with van der Waals surface area (Å²) in [6.07, 6.45) is 2.69. The molecular formula is C34H36FN5O5S. The van der Waals surface area contributed by atoms with Gasteiger partial charge in [0.05, 0.1) is 17.9 Å². The van der Waals surface area contributed by atoms with Crippen LogP contribution >= 0.6 is 11.3 Å². The highest BCUT2D eigenvalue weighted by atomic mass is 32.1. The quantitative estimate of drug-likeness (QED) is 0.171. The van der Waals surface area contributed by atoms with Crippen LogP contribution in [0.15, 0.2) is 60.5 Å². The van der Waals surface area contributed by atoms with Crippen LogP contribution in [0.25, 0.3) is 32.6 Å². The predicted octanol–water partition coefficient (Wildman–Crippen LogP) is 5.11. The molecule has 4 aromatic rings. The van der Waals surface area contributed by atoms with E-state index in [1.54, 1.807) is 22.3 Å². The second-order valence-corrected chi connectivity index (χ2v) is 12.0. The van der Waals surface area contributed by atoms with Gasteiger partial charge in [-0.1, -0.05) is 18.7 Å². The van der Waals surface area contributed by atoms with E-state index in [0.717, 1.165) is 40.9 Å². The third kappa shape index (κ3) is 7.35. The molecule has 0 atom stereocenters. The Kier molecular flexibility index (Phi) is 10.2. The first kappa shape index (κ1) is 31.6. The number of hydrogen-bond donors (Lipinski definition) is 2. The van der Waals surface area contributed by atoms with Crippen molar-refractivity contribution in [2.45, 2.75) is 31.9 Å². The maximum Gasteiger partial charge on any atom is 0.407 e. The summed E-state index contributed by atoms with van der Waals surface area (Å²) in [5.74, 6) is -0.181. The predicted molar refractivity (Wildman–Crippen MR) is 174 cm³/mol. The number of thiophene rings is 1. The summed E-state index contributed by atoms with van der Waals surface area (Å²) in [4.78, 5) is 25.5. The topological polar surface area (TPSA) is 115 Å². The molecule has 10 nitrogen and oxygen atoms in total. The summed E-state index contributed by atoms with van der Waals surface area (Å²) in [7, 11) is 0. The molecule has 0 unspecified atom stereocenters. The number of rotatable bonds is 11. The Morgan fingerprint density at radius 2 is 1.91 bits per heavy atom. The van der Waals surface area contributed by atoms with Crippen LogP contribution in [0.3, 0.4) is 0 Å². The standard InChI is InChI=1S/C34H36FN5O5S/c1-2-30(41)40-13-8-26(9-14-40)45-34(42)37-12-15-43-16-17-44-29-20-25(35)5-6-27(29)32-33-28(10-18-46-33)31(38-39-32)23-3-4-24-21-36-11-7-22(24)19-23/h2-6,10,18-20,26,36H,1,7-9,11-17,21H2,(H,37,42). The van der Waals surface area contributed by atoms with E-state index in [4.69, 9.17) is 14.2 Å². The number of benzene rings is 2. The number of nitrogens with zero attached hydrogens (tertiary/aromatic N) is 3. The number of nitrogens with one attached hydrogen (secondary N) is 2. The Balaban J connectivity index is 1.01. The summed E-state index contributed by atoms with van der Waals surface area (Å²) in [6.45, 7) is 7.31. The molecule has 0 spiro atoms. The van der Waals surface area contributed by atoms with Crippen molar-refractivity contribution in [3.8, 4) is 28.3 Å². The van der Waals surface area contributed by atoms with E-state index in [0.29, 0.717) is 42.9 Å². The lowest BCUT2D eigenvalue weighted by Gasteiger charge is -2.30. The molecule has 240 valence electrons. The fourth-order valence-electron chi connectivity index (χ4n) is 5.76. The van der Waals surface area contributed by atoms with Gasteiger partial charge in [-0.25, -0.2) is 9.18 Å². The average Bonchev–Trinajstić information content (AvgIpc) is 3.58. The Morgan fingerprint density at radius 3 is 2.76 bits per heavy atom. The highest BCUT2D eigenvalue weighted by Gasteiger charge is 2.24. The molecule has 46 heavy (non-hydrogen) atoms. The maximum atomic E-state index is 14.3. The molecule has 2 aliphatic rings. The van der Waals surface area contributed by atoms with Crippen LogP contribution in [0.5, 0.6) is 5.75 Å². The third-order valence-corrected chi connectivity index (χ3v) is 9.07. The average molecular weight is 646 g/mol. The van der Waals surface area contributed by atoms with E-state index in [-0.39, 0.29) is 38.4 Å². The van der Waals surface area contributed by atoms with Crippen molar-refractivity contribution in [2.24, 2.45) is 0 Å². The number of piperidine rings is 1. The summed E-state index contributed by atoms with van der Waals surface area (Å²) in [5.41, 5.74) is 5.76. The third-order valence-electron chi connectivity index (χ3n) is 8.15. The van der Waals surface area contributed by atoms with Gasteiger partial charge in [0.1, 0.15) is 35.7 Å². The molecule has 2 N–H and O–H groups in total. The Bertz CT molecular complexity index is 1720. The smallest absolute Gasteiger partial charge is 0.407 e. The maximum absolute atomic E-state index is 14.3. The summed E-state index contributed by atoms with van der Waals surface area (Å²) in [6, 6.07) is 12.9. The lowest BCUT2D eigenvalue weighted by Crippen LogP contribution is -2.42. The number of aromatic nitrogens is 2. The first-order valence-electron chi connectivity index (χ1n) is 15.4. The van der Waals surface area contributed by atoms with E-state index < -0.39 is 11.9 Å². The lowest BCUT2D eigenvalue weighted by atomic mass is 9.96. The van der Waals surface area contributed by atoms with Crippen molar-refractivity contribution >= 4 is 33.4 Å². The zero-order valence-corrected chi connectivity index (χ0v) is 26.2. The highest BCUT2D eigenvalue weighted by molar-refractivity contribution is 7.17. The van der Waals surface area contributed by atoms with Gasteiger partial charge in [0.25, 0.3) is 0 Å². The highest BCUT2D eigenvalue weighted by Crippen LogP contribution is 2.39. The molecule has 4 heterocycles. The van der Waals surface area contributed by atoms with Gasteiger partial charge in [-0.2, -0.15) is 0 Å². The number of likely N-dealkylation sites (tertiary alicyclic amines) is 1. The van der Waals surface area contributed by atoms with E-state index in [2.05, 4.69) is 45.6 Å². The number of fused-ring (bicyclic) bond motifs is 2.